The minimum absolute atomic E-state index is 0.196. The topological polar surface area (TPSA) is 149 Å². The van der Waals surface area contributed by atoms with Crippen molar-refractivity contribution in [2.24, 2.45) is 0 Å². The number of hydrogen-bond acceptors (Lipinski definition) is 9. The minimum Gasteiger partial charge on any atom is -0.457 e. The molecule has 10 nitrogen and oxygen atoms in total. The average Bonchev–Trinajstić information content (AvgIpc) is 3.14. The maximum atomic E-state index is 12.3. The number of phosphoric ester groups is 1. The summed E-state index contributed by atoms with van der Waals surface area (Å²) >= 11 is 0. The molecule has 0 aromatic carbocycles. The van der Waals surface area contributed by atoms with Crippen molar-refractivity contribution in [1.82, 2.24) is 0 Å². The molecule has 0 spiro atoms. The summed E-state index contributed by atoms with van der Waals surface area (Å²) in [5.74, 6) is -1.01. The van der Waals surface area contributed by atoms with Gasteiger partial charge in [-0.3, -0.25) is 18.6 Å². The first-order valence-electron chi connectivity index (χ1n) is 22.0. The van der Waals surface area contributed by atoms with E-state index in [1.165, 1.54) is 141 Å². The molecule has 0 radical (unpaired) electrons. The lowest BCUT2D eigenvalue weighted by Gasteiger charge is -2.20. The first-order chi connectivity index (χ1) is 25.8. The van der Waals surface area contributed by atoms with Crippen LogP contribution in [-0.4, -0.2) is 65.7 Å². The molecule has 53 heavy (non-hydrogen) atoms. The monoisotopic (exact) mass is 779 g/mol. The van der Waals surface area contributed by atoms with Gasteiger partial charge in [0.1, 0.15) is 12.2 Å². The van der Waals surface area contributed by atoms with Crippen LogP contribution in [0.5, 0.6) is 0 Å². The molecule has 0 aromatic heterocycles. The highest BCUT2D eigenvalue weighted by Gasteiger charge is 2.27. The highest BCUT2D eigenvalue weighted by molar-refractivity contribution is 7.47. The van der Waals surface area contributed by atoms with Gasteiger partial charge in [0.25, 0.3) is 0 Å². The predicted molar refractivity (Wildman–Crippen MR) is 215 cm³/mol. The van der Waals surface area contributed by atoms with Crippen LogP contribution in [0.4, 0.5) is 0 Å². The molecule has 0 amide bonds. The normalized spacial score (nSPS) is 13.8. The van der Waals surface area contributed by atoms with Gasteiger partial charge in [0.15, 0.2) is 0 Å². The van der Waals surface area contributed by atoms with Crippen LogP contribution in [0.2, 0.25) is 0 Å². The number of carbonyl (C=O) groups excluding carboxylic acids is 2. The Labute approximate surface area is 324 Å². The first-order valence-corrected chi connectivity index (χ1v) is 23.5. The number of esters is 2. The summed E-state index contributed by atoms with van der Waals surface area (Å²) in [6.45, 7) is 2.20. The van der Waals surface area contributed by atoms with E-state index in [-0.39, 0.29) is 12.8 Å². The van der Waals surface area contributed by atoms with Crippen molar-refractivity contribution >= 4 is 19.8 Å². The summed E-state index contributed by atoms with van der Waals surface area (Å²) in [5.41, 5.74) is 0. The number of hydrogen-bond donors (Lipinski definition) is 3. The molecule has 3 atom stereocenters. The van der Waals surface area contributed by atoms with Crippen molar-refractivity contribution < 1.29 is 47.8 Å². The molecule has 0 saturated carbocycles. The second-order valence-corrected chi connectivity index (χ2v) is 16.5. The third-order valence-corrected chi connectivity index (χ3v) is 10.8. The quantitative estimate of drug-likeness (QED) is 0.0310. The van der Waals surface area contributed by atoms with Crippen molar-refractivity contribution in [2.75, 3.05) is 26.4 Å². The standard InChI is InChI=1S/C42H83O10P/c1-3-5-7-9-11-13-14-15-16-17-18-19-20-21-22-23-24-25-26-28-30-32-34-42(46)52-40(36-44)38-50-53(47,48)49-37-39(35-43)51-41(45)33-31-29-27-12-10-8-6-4-2/h39-40,43-44H,3-38H2,1-2H3,(H,47,48). The van der Waals surface area contributed by atoms with Crippen LogP contribution >= 0.6 is 7.82 Å². The number of rotatable bonds is 42. The molecule has 0 fully saturated rings. The van der Waals surface area contributed by atoms with E-state index in [0.717, 1.165) is 38.5 Å². The van der Waals surface area contributed by atoms with Crippen molar-refractivity contribution in [1.29, 1.82) is 0 Å². The Morgan fingerprint density at radius 1 is 0.434 bits per heavy atom. The van der Waals surface area contributed by atoms with E-state index in [4.69, 9.17) is 18.5 Å². The van der Waals surface area contributed by atoms with Gasteiger partial charge in [0.2, 0.25) is 0 Å². The highest BCUT2D eigenvalue weighted by Crippen LogP contribution is 2.43. The van der Waals surface area contributed by atoms with Crippen molar-refractivity contribution in [3.63, 3.8) is 0 Å². The average molecular weight is 779 g/mol. The second kappa shape index (κ2) is 39.2. The molecule has 11 heteroatoms. The van der Waals surface area contributed by atoms with E-state index in [2.05, 4.69) is 13.8 Å². The van der Waals surface area contributed by atoms with Gasteiger partial charge >= 0.3 is 19.8 Å². The number of carbonyl (C=O) groups is 2. The van der Waals surface area contributed by atoms with E-state index in [0.29, 0.717) is 12.8 Å². The van der Waals surface area contributed by atoms with Gasteiger partial charge in [-0.05, 0) is 12.8 Å². The molecule has 0 heterocycles. The molecule has 3 N–H and O–H groups in total. The third-order valence-electron chi connectivity index (χ3n) is 9.82. The van der Waals surface area contributed by atoms with Crippen LogP contribution in [0.3, 0.4) is 0 Å². The fraction of sp³-hybridized carbons (Fsp3) is 0.952. The molecule has 3 unspecified atom stereocenters. The Bertz CT molecular complexity index is 858. The van der Waals surface area contributed by atoms with Gasteiger partial charge in [-0.15, -0.1) is 0 Å². The van der Waals surface area contributed by atoms with Gasteiger partial charge in [-0.25, -0.2) is 4.57 Å². The van der Waals surface area contributed by atoms with Crippen molar-refractivity contribution in [3.8, 4) is 0 Å². The van der Waals surface area contributed by atoms with E-state index >= 15 is 0 Å². The maximum absolute atomic E-state index is 12.3. The Morgan fingerprint density at radius 3 is 0.887 bits per heavy atom. The van der Waals surface area contributed by atoms with Crippen LogP contribution < -0.4 is 0 Å². The fourth-order valence-electron chi connectivity index (χ4n) is 6.41. The molecule has 0 bridgehead atoms. The summed E-state index contributed by atoms with van der Waals surface area (Å²) in [6.07, 6.45) is 35.3. The predicted octanol–water partition coefficient (Wildman–Crippen LogP) is 11.5. The maximum Gasteiger partial charge on any atom is 0.472 e. The summed E-state index contributed by atoms with van der Waals surface area (Å²) in [7, 11) is -4.62. The lowest BCUT2D eigenvalue weighted by molar-refractivity contribution is -0.153. The third kappa shape index (κ3) is 37.7. The van der Waals surface area contributed by atoms with E-state index < -0.39 is 58.4 Å². The number of phosphoric acid groups is 1. The Morgan fingerprint density at radius 2 is 0.660 bits per heavy atom. The Kier molecular flexibility index (Phi) is 38.5. The molecule has 0 aromatic rings. The first kappa shape index (κ1) is 52.0. The molecule has 316 valence electrons. The summed E-state index contributed by atoms with van der Waals surface area (Å²) in [6, 6.07) is 0. The zero-order chi connectivity index (χ0) is 39.1. The summed E-state index contributed by atoms with van der Waals surface area (Å²) in [4.78, 5) is 34.3. The van der Waals surface area contributed by atoms with Gasteiger partial charge < -0.3 is 24.6 Å². The van der Waals surface area contributed by atoms with Gasteiger partial charge in [0, 0.05) is 12.8 Å². The van der Waals surface area contributed by atoms with Crippen LogP contribution in [0.25, 0.3) is 0 Å². The molecular weight excluding hydrogens is 695 g/mol. The Hall–Kier alpha value is -1.03. The van der Waals surface area contributed by atoms with Crippen LogP contribution in [0, 0.1) is 0 Å². The molecule has 0 aliphatic heterocycles. The molecule has 0 rings (SSSR count). The van der Waals surface area contributed by atoms with Crippen LogP contribution in [0.1, 0.15) is 219 Å². The molecular formula is C42H83O10P. The van der Waals surface area contributed by atoms with Crippen LogP contribution in [-0.2, 0) is 32.7 Å². The second-order valence-electron chi connectivity index (χ2n) is 15.0. The lowest BCUT2D eigenvalue weighted by Crippen LogP contribution is -2.28. The Balaban J connectivity index is 3.78. The van der Waals surface area contributed by atoms with Crippen molar-refractivity contribution in [3.05, 3.63) is 0 Å². The SMILES string of the molecule is CCCCCCCCCCCCCCCCCCCCCCCCC(=O)OC(CO)COP(=O)(O)OCC(CO)OC(=O)CCCCCCCCCC. The number of ether oxygens (including phenoxy) is 2. The smallest absolute Gasteiger partial charge is 0.457 e. The lowest BCUT2D eigenvalue weighted by atomic mass is 10.0. The number of aliphatic hydroxyl groups excluding tert-OH is 2. The van der Waals surface area contributed by atoms with Gasteiger partial charge in [-0.1, -0.05) is 194 Å². The van der Waals surface area contributed by atoms with E-state index in [1.54, 1.807) is 0 Å². The summed E-state index contributed by atoms with van der Waals surface area (Å²) < 4.78 is 32.5. The highest BCUT2D eigenvalue weighted by atomic mass is 31.2. The largest absolute Gasteiger partial charge is 0.472 e. The number of unbranched alkanes of at least 4 members (excludes halogenated alkanes) is 28. The van der Waals surface area contributed by atoms with Gasteiger partial charge in [-0.2, -0.15) is 0 Å². The van der Waals surface area contributed by atoms with E-state index in [1.807, 2.05) is 0 Å². The molecule has 0 aliphatic rings. The minimum atomic E-state index is -4.62. The van der Waals surface area contributed by atoms with Crippen LogP contribution in [0.15, 0.2) is 0 Å². The van der Waals surface area contributed by atoms with E-state index in [9.17, 15) is 29.3 Å². The zero-order valence-electron chi connectivity index (χ0n) is 34.3. The zero-order valence-corrected chi connectivity index (χ0v) is 35.2. The summed E-state index contributed by atoms with van der Waals surface area (Å²) in [5, 5.41) is 19.1. The number of aliphatic hydroxyl groups is 2. The molecule has 0 saturated heterocycles. The van der Waals surface area contributed by atoms with Gasteiger partial charge in [0.05, 0.1) is 26.4 Å². The van der Waals surface area contributed by atoms with Crippen molar-refractivity contribution in [2.45, 2.75) is 232 Å². The fourth-order valence-corrected chi connectivity index (χ4v) is 7.19. The molecule has 0 aliphatic carbocycles.